The number of rotatable bonds is 6. The maximum Gasteiger partial charge on any atom is 0.267 e. The molecule has 0 saturated carbocycles. The van der Waals surface area contributed by atoms with Crippen molar-refractivity contribution in [3.05, 3.63) is 21.9 Å². The van der Waals surface area contributed by atoms with Gasteiger partial charge in [0, 0.05) is 13.2 Å². The standard InChI is InChI=1S/C13H19Cl2N3O2/c14-10-8-11(18-12(10)15)13(19)17-4-1-7-20-9-2-5-16-6-3-9/h8-9,16,18H,1-7H2,(H,17,19). The summed E-state index contributed by atoms with van der Waals surface area (Å²) >= 11 is 11.5. The molecule has 0 bridgehead atoms. The van der Waals surface area contributed by atoms with Crippen molar-refractivity contribution < 1.29 is 9.53 Å². The Morgan fingerprint density at radius 1 is 1.40 bits per heavy atom. The highest BCUT2D eigenvalue weighted by atomic mass is 35.5. The number of H-pyrrole nitrogens is 1. The molecule has 1 fully saturated rings. The molecular formula is C13H19Cl2N3O2. The number of ether oxygens (including phenoxy) is 1. The number of amides is 1. The molecule has 0 spiro atoms. The van der Waals surface area contributed by atoms with Gasteiger partial charge in [-0.2, -0.15) is 0 Å². The second-order valence-electron chi connectivity index (χ2n) is 4.77. The van der Waals surface area contributed by atoms with Gasteiger partial charge in [0.1, 0.15) is 10.8 Å². The number of carbonyl (C=O) groups is 1. The van der Waals surface area contributed by atoms with Gasteiger partial charge in [-0.1, -0.05) is 23.2 Å². The lowest BCUT2D eigenvalue weighted by molar-refractivity contribution is 0.0317. The van der Waals surface area contributed by atoms with Gasteiger partial charge < -0.3 is 20.4 Å². The minimum absolute atomic E-state index is 0.208. The van der Waals surface area contributed by atoms with Crippen molar-refractivity contribution in [2.24, 2.45) is 0 Å². The number of aromatic nitrogens is 1. The molecule has 0 radical (unpaired) electrons. The van der Waals surface area contributed by atoms with E-state index in [1.165, 1.54) is 6.07 Å². The quantitative estimate of drug-likeness (QED) is 0.704. The Balaban J connectivity index is 1.59. The van der Waals surface area contributed by atoms with Crippen LogP contribution in [0, 0.1) is 0 Å². The predicted molar refractivity (Wildman–Crippen MR) is 79.6 cm³/mol. The first kappa shape index (κ1) is 15.6. The molecule has 0 aromatic carbocycles. The molecule has 1 saturated heterocycles. The molecule has 1 aromatic rings. The fraction of sp³-hybridized carbons (Fsp3) is 0.615. The van der Waals surface area contributed by atoms with Gasteiger partial charge in [0.15, 0.2) is 0 Å². The topological polar surface area (TPSA) is 66.2 Å². The van der Waals surface area contributed by atoms with Crippen LogP contribution in [-0.2, 0) is 4.74 Å². The van der Waals surface area contributed by atoms with Gasteiger partial charge >= 0.3 is 0 Å². The fourth-order valence-corrected chi connectivity index (χ4v) is 2.42. The number of aromatic amines is 1. The minimum atomic E-state index is -0.208. The molecule has 0 atom stereocenters. The summed E-state index contributed by atoms with van der Waals surface area (Å²) in [6.07, 6.45) is 3.27. The van der Waals surface area contributed by atoms with Gasteiger partial charge in [-0.15, -0.1) is 0 Å². The fourth-order valence-electron chi connectivity index (χ4n) is 2.11. The van der Waals surface area contributed by atoms with Crippen molar-refractivity contribution in [1.82, 2.24) is 15.6 Å². The highest BCUT2D eigenvalue weighted by Crippen LogP contribution is 2.21. The molecule has 1 aliphatic rings. The van der Waals surface area contributed by atoms with Crippen LogP contribution in [0.3, 0.4) is 0 Å². The first-order valence-corrected chi connectivity index (χ1v) is 7.57. The molecular weight excluding hydrogens is 301 g/mol. The molecule has 5 nitrogen and oxygen atoms in total. The van der Waals surface area contributed by atoms with E-state index in [1.54, 1.807) is 0 Å². The molecule has 0 unspecified atom stereocenters. The van der Waals surface area contributed by atoms with E-state index in [-0.39, 0.29) is 11.1 Å². The highest BCUT2D eigenvalue weighted by molar-refractivity contribution is 6.41. The van der Waals surface area contributed by atoms with E-state index in [4.69, 9.17) is 27.9 Å². The van der Waals surface area contributed by atoms with E-state index in [1.807, 2.05) is 0 Å². The van der Waals surface area contributed by atoms with Crippen molar-refractivity contribution >= 4 is 29.1 Å². The number of halogens is 2. The largest absolute Gasteiger partial charge is 0.378 e. The average molecular weight is 320 g/mol. The van der Waals surface area contributed by atoms with Crippen molar-refractivity contribution in [3.63, 3.8) is 0 Å². The predicted octanol–water partition coefficient (Wildman–Crippen LogP) is 2.21. The SMILES string of the molecule is O=C(NCCCOC1CCNCC1)c1cc(Cl)c(Cl)[nH]1. The number of hydrogen-bond acceptors (Lipinski definition) is 3. The first-order valence-electron chi connectivity index (χ1n) is 6.81. The summed E-state index contributed by atoms with van der Waals surface area (Å²) in [5.41, 5.74) is 0.374. The Morgan fingerprint density at radius 2 is 2.15 bits per heavy atom. The number of nitrogens with one attached hydrogen (secondary N) is 3. The molecule has 1 aromatic heterocycles. The normalized spacial score (nSPS) is 16.3. The average Bonchev–Trinajstić information content (AvgIpc) is 2.79. The molecule has 20 heavy (non-hydrogen) atoms. The van der Waals surface area contributed by atoms with Gasteiger partial charge in [-0.05, 0) is 38.4 Å². The molecule has 3 N–H and O–H groups in total. The maximum absolute atomic E-state index is 11.8. The van der Waals surface area contributed by atoms with Crippen LogP contribution in [-0.4, -0.2) is 43.2 Å². The Labute approximate surface area is 128 Å². The van der Waals surface area contributed by atoms with Crippen LogP contribution in [0.2, 0.25) is 10.2 Å². The van der Waals surface area contributed by atoms with E-state index in [0.717, 1.165) is 32.4 Å². The first-order chi connectivity index (χ1) is 9.66. The Hall–Kier alpha value is -0.750. The smallest absolute Gasteiger partial charge is 0.267 e. The third kappa shape index (κ3) is 4.66. The second kappa shape index (κ2) is 7.88. The molecule has 112 valence electrons. The summed E-state index contributed by atoms with van der Waals surface area (Å²) in [6, 6.07) is 1.52. The van der Waals surface area contributed by atoms with Gasteiger partial charge in [0.05, 0.1) is 11.1 Å². The van der Waals surface area contributed by atoms with Gasteiger partial charge in [-0.25, -0.2) is 0 Å². The Bertz CT molecular complexity index is 425. The molecule has 2 rings (SSSR count). The number of carbonyl (C=O) groups excluding carboxylic acids is 1. The van der Waals surface area contributed by atoms with Crippen molar-refractivity contribution in [3.8, 4) is 0 Å². The third-order valence-electron chi connectivity index (χ3n) is 3.22. The zero-order chi connectivity index (χ0) is 14.4. The van der Waals surface area contributed by atoms with Crippen LogP contribution in [0.15, 0.2) is 6.07 Å². The molecule has 1 amide bonds. The molecule has 7 heteroatoms. The van der Waals surface area contributed by atoms with Crippen LogP contribution >= 0.6 is 23.2 Å². The van der Waals surface area contributed by atoms with Crippen LogP contribution in [0.4, 0.5) is 0 Å². The molecule has 1 aliphatic heterocycles. The minimum Gasteiger partial charge on any atom is -0.378 e. The van der Waals surface area contributed by atoms with E-state index < -0.39 is 0 Å². The zero-order valence-electron chi connectivity index (χ0n) is 11.2. The summed E-state index contributed by atoms with van der Waals surface area (Å²) < 4.78 is 5.75. The monoisotopic (exact) mass is 319 g/mol. The van der Waals surface area contributed by atoms with Crippen LogP contribution in [0.25, 0.3) is 0 Å². The van der Waals surface area contributed by atoms with Crippen LogP contribution in [0.5, 0.6) is 0 Å². The highest BCUT2D eigenvalue weighted by Gasteiger charge is 2.13. The van der Waals surface area contributed by atoms with Gasteiger partial charge in [0.25, 0.3) is 5.91 Å². The van der Waals surface area contributed by atoms with E-state index >= 15 is 0 Å². The van der Waals surface area contributed by atoms with Crippen molar-refractivity contribution in [1.29, 1.82) is 0 Å². The summed E-state index contributed by atoms with van der Waals surface area (Å²) in [6.45, 7) is 3.28. The van der Waals surface area contributed by atoms with Crippen LogP contribution in [0.1, 0.15) is 29.8 Å². The van der Waals surface area contributed by atoms with Crippen molar-refractivity contribution in [2.45, 2.75) is 25.4 Å². The van der Waals surface area contributed by atoms with Gasteiger partial charge in [-0.3, -0.25) is 4.79 Å². The summed E-state index contributed by atoms with van der Waals surface area (Å²) in [7, 11) is 0. The molecule has 0 aliphatic carbocycles. The number of hydrogen-bond donors (Lipinski definition) is 3. The summed E-state index contributed by atoms with van der Waals surface area (Å²) in [4.78, 5) is 14.5. The lowest BCUT2D eigenvalue weighted by Gasteiger charge is -2.22. The van der Waals surface area contributed by atoms with E-state index in [9.17, 15) is 4.79 Å². The van der Waals surface area contributed by atoms with E-state index in [0.29, 0.717) is 30.0 Å². The lowest BCUT2D eigenvalue weighted by atomic mass is 10.1. The summed E-state index contributed by atoms with van der Waals surface area (Å²) in [5, 5.41) is 6.73. The second-order valence-corrected chi connectivity index (χ2v) is 5.56. The third-order valence-corrected chi connectivity index (χ3v) is 3.91. The Morgan fingerprint density at radius 3 is 2.80 bits per heavy atom. The van der Waals surface area contributed by atoms with Crippen LogP contribution < -0.4 is 10.6 Å². The van der Waals surface area contributed by atoms with Crippen molar-refractivity contribution in [2.75, 3.05) is 26.2 Å². The van der Waals surface area contributed by atoms with E-state index in [2.05, 4.69) is 15.6 Å². The Kier molecular flexibility index (Phi) is 6.16. The summed E-state index contributed by atoms with van der Waals surface area (Å²) in [5.74, 6) is -0.208. The maximum atomic E-state index is 11.8. The molecule has 2 heterocycles. The number of piperidine rings is 1. The lowest BCUT2D eigenvalue weighted by Crippen LogP contribution is -2.33. The zero-order valence-corrected chi connectivity index (χ0v) is 12.7. The van der Waals surface area contributed by atoms with Gasteiger partial charge in [0.2, 0.25) is 0 Å².